The predicted molar refractivity (Wildman–Crippen MR) is 263 cm³/mol. The van der Waals surface area contributed by atoms with Crippen molar-refractivity contribution in [2.24, 2.45) is 13.0 Å². The molecule has 5 aliphatic heterocycles. The van der Waals surface area contributed by atoms with E-state index >= 15 is 0 Å². The van der Waals surface area contributed by atoms with Crippen molar-refractivity contribution < 1.29 is 37.1 Å². The molecule has 3 aromatic carbocycles. The fraction of sp³-hybridized carbons (Fsp3) is 0.426. The number of piperidine rings is 3. The maximum absolute atomic E-state index is 14.7. The monoisotopic (exact) mass is 998 g/mol. The van der Waals surface area contributed by atoms with Crippen LogP contribution in [-0.4, -0.2) is 121 Å². The molecule has 1 atom stereocenters. The number of alkyl halides is 3. The molecule has 0 radical (unpaired) electrons. The zero-order chi connectivity index (χ0) is 50.8. The van der Waals surface area contributed by atoms with Crippen LogP contribution < -0.4 is 15.9 Å². The number of benzene rings is 3. The molecular weight excluding hydrogens is 942 g/mol. The lowest BCUT2D eigenvalue weighted by Crippen LogP contribution is -2.52. The summed E-state index contributed by atoms with van der Waals surface area (Å²) in [6, 6.07) is 21.6. The summed E-state index contributed by atoms with van der Waals surface area (Å²) in [4.78, 5) is 72.8. The van der Waals surface area contributed by atoms with Gasteiger partial charge in [0.15, 0.2) is 0 Å². The first-order chi connectivity index (χ1) is 35.1. The first-order valence-corrected chi connectivity index (χ1v) is 25.1. The van der Waals surface area contributed by atoms with Gasteiger partial charge in [-0.15, -0.1) is 10.2 Å². The van der Waals surface area contributed by atoms with Gasteiger partial charge >= 0.3 is 11.9 Å². The van der Waals surface area contributed by atoms with Crippen LogP contribution >= 0.6 is 0 Å². The van der Waals surface area contributed by atoms with Crippen LogP contribution in [0, 0.1) is 5.92 Å². The van der Waals surface area contributed by atoms with Crippen molar-refractivity contribution in [1.82, 2.24) is 43.7 Å². The summed E-state index contributed by atoms with van der Waals surface area (Å²) < 4.78 is 54.0. The Balaban J connectivity index is 0.679. The number of carbonyl (C=O) groups is 4. The average molecular weight is 999 g/mol. The van der Waals surface area contributed by atoms with E-state index in [0.29, 0.717) is 80.5 Å². The molecule has 16 nitrogen and oxygen atoms in total. The second kappa shape index (κ2) is 19.1. The minimum Gasteiger partial charge on any atom is -0.379 e. The van der Waals surface area contributed by atoms with Gasteiger partial charge in [-0.05, 0) is 128 Å². The maximum atomic E-state index is 14.7. The summed E-state index contributed by atoms with van der Waals surface area (Å²) in [6.45, 7) is 4.94. The summed E-state index contributed by atoms with van der Waals surface area (Å²) >= 11 is 0. The lowest BCUT2D eigenvalue weighted by Gasteiger charge is -2.41. The third-order valence-corrected chi connectivity index (χ3v) is 15.9. The first-order valence-electron chi connectivity index (χ1n) is 25.1. The largest absolute Gasteiger partial charge is 0.418 e. The molecule has 8 heterocycles. The van der Waals surface area contributed by atoms with Crippen LogP contribution in [0.3, 0.4) is 0 Å². The second-order valence-corrected chi connectivity index (χ2v) is 20.7. The van der Waals surface area contributed by atoms with Gasteiger partial charge in [0.25, 0.3) is 11.8 Å². The zero-order valence-electron chi connectivity index (χ0n) is 40.8. The molecule has 0 unspecified atom stereocenters. The highest BCUT2D eigenvalue weighted by Crippen LogP contribution is 2.39. The van der Waals surface area contributed by atoms with E-state index < -0.39 is 34.8 Å². The highest BCUT2D eigenvalue weighted by atomic mass is 19.4. The highest BCUT2D eigenvalue weighted by molar-refractivity contribution is 6.05. The van der Waals surface area contributed by atoms with Gasteiger partial charge in [0, 0.05) is 94.3 Å². The summed E-state index contributed by atoms with van der Waals surface area (Å²) in [7, 11) is 3.68. The summed E-state index contributed by atoms with van der Waals surface area (Å²) in [6.07, 6.45) is 4.21. The number of halogens is 3. The molecule has 0 bridgehead atoms. The lowest BCUT2D eigenvalue weighted by molar-refractivity contribution is -0.137. The quantitative estimate of drug-likeness (QED) is 0.147. The minimum absolute atomic E-state index is 0.0642. The fourth-order valence-corrected chi connectivity index (χ4v) is 11.6. The van der Waals surface area contributed by atoms with Crippen LogP contribution in [0.2, 0.25) is 0 Å². The van der Waals surface area contributed by atoms with E-state index in [2.05, 4.69) is 37.4 Å². The van der Waals surface area contributed by atoms with E-state index in [1.165, 1.54) is 22.5 Å². The van der Waals surface area contributed by atoms with Crippen LogP contribution in [0.5, 0.6) is 0 Å². The molecule has 0 spiro atoms. The van der Waals surface area contributed by atoms with E-state index in [1.54, 1.807) is 28.3 Å². The Labute approximate surface area is 419 Å². The van der Waals surface area contributed by atoms with E-state index in [4.69, 9.17) is 4.74 Å². The van der Waals surface area contributed by atoms with Gasteiger partial charge in [0.05, 0.1) is 30.0 Å². The standard InChI is InChI=1S/C54H57F3N10O6/c1-61(50(70)38-8-6-36(7-9-38)37-16-20-64(21-17-37)41-10-11-43-39(23-41)29-66(51(43)71)45-12-13-48(68)59-49(45)69)26-34-14-18-63(19-15-34)27-35-22-44(54(55,56)57)46-30-65(52(72)67(46)28-35)42-5-3-4-40(24-42)53(31-73-32-53)25-47-60-58-33-62(47)2/h3-11,22-24,28,30,33-34,37,45H,12-21,25-27,29,31-32H2,1-2H3,(H,59,68,69)/t45-/m1/s1. The SMILES string of the molecule is CN(CC1CCN(Cc2cc(C(F)(F)F)c3cn(-c4cccc(C5(Cc6nncn6C)COC5)c4)c(=O)n3c2)CC1)C(=O)c1ccc(C2CCN(c3ccc4c(c3)CN([C@@H]3CCC(=O)NC3=O)C4=O)CC2)cc1. The van der Waals surface area contributed by atoms with Crippen molar-refractivity contribution in [3.63, 3.8) is 0 Å². The van der Waals surface area contributed by atoms with E-state index in [9.17, 15) is 37.1 Å². The molecular formula is C54H57F3N10O6. The maximum Gasteiger partial charge on any atom is 0.418 e. The van der Waals surface area contributed by atoms with Gasteiger partial charge in [0.2, 0.25) is 11.8 Å². The average Bonchev–Trinajstić information content (AvgIpc) is 4.05. The molecule has 4 saturated heterocycles. The van der Waals surface area contributed by atoms with Gasteiger partial charge in [-0.2, -0.15) is 13.2 Å². The number of rotatable bonds is 12. The second-order valence-electron chi connectivity index (χ2n) is 20.7. The number of imide groups is 1. The Kier molecular flexibility index (Phi) is 12.6. The Hall–Kier alpha value is -7.12. The zero-order valence-corrected chi connectivity index (χ0v) is 40.8. The summed E-state index contributed by atoms with van der Waals surface area (Å²) in [5.41, 5.74) is 3.98. The molecule has 5 aliphatic rings. The molecule has 4 amide bonds. The van der Waals surface area contributed by atoms with E-state index in [-0.39, 0.29) is 42.1 Å². The van der Waals surface area contributed by atoms with Crippen LogP contribution in [0.15, 0.2) is 96.3 Å². The fourth-order valence-electron chi connectivity index (χ4n) is 11.6. The number of hydrogen-bond acceptors (Lipinski definition) is 10. The normalized spacial score (nSPS) is 19.8. The Bertz CT molecular complexity index is 3180. The number of fused-ring (bicyclic) bond motifs is 2. The Morgan fingerprint density at radius 3 is 2.34 bits per heavy atom. The molecule has 19 heteroatoms. The molecule has 0 aliphatic carbocycles. The molecule has 0 saturated carbocycles. The molecule has 3 aromatic heterocycles. The van der Waals surface area contributed by atoms with Crippen molar-refractivity contribution in [2.45, 2.75) is 81.6 Å². The van der Waals surface area contributed by atoms with Crippen molar-refractivity contribution in [2.75, 3.05) is 57.9 Å². The number of pyridine rings is 1. The van der Waals surface area contributed by atoms with Crippen LogP contribution in [0.25, 0.3) is 11.2 Å². The number of hydrogen-bond donors (Lipinski definition) is 1. The highest BCUT2D eigenvalue weighted by Gasteiger charge is 2.43. The van der Waals surface area contributed by atoms with Gasteiger partial charge in [-0.1, -0.05) is 24.3 Å². The van der Waals surface area contributed by atoms with Crippen molar-refractivity contribution in [1.29, 1.82) is 0 Å². The van der Waals surface area contributed by atoms with Crippen LogP contribution in [0.1, 0.15) is 98.8 Å². The molecule has 1 N–H and O–H groups in total. The molecule has 73 heavy (non-hydrogen) atoms. The number of nitrogens with one attached hydrogen (secondary N) is 1. The number of anilines is 1. The number of carbonyl (C=O) groups excluding carboxylic acids is 4. The first kappa shape index (κ1) is 48.2. The van der Waals surface area contributed by atoms with Crippen LogP contribution in [-0.2, 0) is 52.5 Å². The number of ether oxygens (including phenoxy) is 1. The van der Waals surface area contributed by atoms with E-state index in [1.807, 2.05) is 61.1 Å². The third-order valence-electron chi connectivity index (χ3n) is 15.9. The number of nitrogens with zero attached hydrogens (tertiary/aromatic N) is 9. The molecule has 11 rings (SSSR count). The predicted octanol–water partition coefficient (Wildman–Crippen LogP) is 5.88. The topological polar surface area (TPSA) is 160 Å². The molecule has 4 fully saturated rings. The van der Waals surface area contributed by atoms with Gasteiger partial charge in [0.1, 0.15) is 18.2 Å². The van der Waals surface area contributed by atoms with Crippen molar-refractivity contribution >= 4 is 34.8 Å². The number of imidazole rings is 1. The Morgan fingerprint density at radius 2 is 1.66 bits per heavy atom. The van der Waals surface area contributed by atoms with Crippen molar-refractivity contribution in [3.8, 4) is 5.69 Å². The number of aryl methyl sites for hydroxylation is 1. The smallest absolute Gasteiger partial charge is 0.379 e. The third kappa shape index (κ3) is 9.32. The van der Waals surface area contributed by atoms with Gasteiger partial charge in [-0.25, -0.2) is 4.79 Å². The van der Waals surface area contributed by atoms with Gasteiger partial charge < -0.3 is 24.0 Å². The van der Waals surface area contributed by atoms with Gasteiger partial charge in [-0.3, -0.25) is 38.4 Å². The Morgan fingerprint density at radius 1 is 0.890 bits per heavy atom. The van der Waals surface area contributed by atoms with Crippen LogP contribution in [0.4, 0.5) is 18.9 Å². The van der Waals surface area contributed by atoms with Crippen molar-refractivity contribution in [3.05, 3.63) is 147 Å². The summed E-state index contributed by atoms with van der Waals surface area (Å²) in [5.74, 6) is 0.352. The number of aromatic nitrogens is 5. The number of amides is 4. The number of likely N-dealkylation sites (tertiary alicyclic amines) is 1. The molecule has 380 valence electrons. The minimum atomic E-state index is -4.70. The molecule has 6 aromatic rings. The summed E-state index contributed by atoms with van der Waals surface area (Å²) in [5, 5.41) is 10.6. The van der Waals surface area contributed by atoms with E-state index in [0.717, 1.165) is 71.9 Å². The lowest BCUT2D eigenvalue weighted by atomic mass is 9.75.